The van der Waals surface area contributed by atoms with Gasteiger partial charge in [0.15, 0.2) is 0 Å². The quantitative estimate of drug-likeness (QED) is 0.803. The molecule has 1 aromatic carbocycles. The lowest BCUT2D eigenvalue weighted by molar-refractivity contribution is -0.121. The smallest absolute Gasteiger partial charge is 0.220 e. The second kappa shape index (κ2) is 9.22. The van der Waals surface area contributed by atoms with Crippen molar-refractivity contribution in [1.82, 2.24) is 10.2 Å². The molecule has 0 aliphatic heterocycles. The van der Waals surface area contributed by atoms with E-state index in [0.717, 1.165) is 12.1 Å². The first kappa shape index (κ1) is 18.2. The van der Waals surface area contributed by atoms with E-state index in [1.807, 2.05) is 12.1 Å². The van der Waals surface area contributed by atoms with Crippen molar-refractivity contribution in [1.29, 1.82) is 5.26 Å². The van der Waals surface area contributed by atoms with Gasteiger partial charge in [0.1, 0.15) is 0 Å². The monoisotopic (exact) mass is 301 g/mol. The fraction of sp³-hybridized carbons (Fsp3) is 0.556. The molecule has 0 heterocycles. The molecule has 22 heavy (non-hydrogen) atoms. The fourth-order valence-corrected chi connectivity index (χ4v) is 2.53. The van der Waals surface area contributed by atoms with Gasteiger partial charge in [0.05, 0.1) is 11.6 Å². The molecule has 120 valence electrons. The molecule has 0 spiro atoms. The predicted octanol–water partition coefficient (Wildman–Crippen LogP) is 2.73. The van der Waals surface area contributed by atoms with Crippen molar-refractivity contribution in [2.24, 2.45) is 0 Å². The lowest BCUT2D eigenvalue weighted by atomic mass is 10.1. The van der Waals surface area contributed by atoms with E-state index in [1.54, 1.807) is 12.1 Å². The number of carbonyl (C=O) groups excluding carboxylic acids is 1. The minimum atomic E-state index is 0.0804. The van der Waals surface area contributed by atoms with Crippen molar-refractivity contribution >= 4 is 5.91 Å². The first-order chi connectivity index (χ1) is 10.4. The highest BCUT2D eigenvalue weighted by Gasteiger charge is 2.12. The summed E-state index contributed by atoms with van der Waals surface area (Å²) in [7, 11) is 0. The van der Waals surface area contributed by atoms with E-state index >= 15 is 0 Å². The molecule has 0 aromatic heterocycles. The van der Waals surface area contributed by atoms with Crippen LogP contribution in [0.4, 0.5) is 0 Å². The second-order valence-electron chi connectivity index (χ2n) is 6.08. The van der Waals surface area contributed by atoms with Crippen molar-refractivity contribution in [3.8, 4) is 6.07 Å². The van der Waals surface area contributed by atoms with Crippen LogP contribution in [0.25, 0.3) is 0 Å². The van der Waals surface area contributed by atoms with E-state index in [-0.39, 0.29) is 5.91 Å². The summed E-state index contributed by atoms with van der Waals surface area (Å²) in [5.74, 6) is 0.0804. The van der Waals surface area contributed by atoms with Gasteiger partial charge in [0.2, 0.25) is 5.91 Å². The maximum absolute atomic E-state index is 11.9. The highest BCUT2D eigenvalue weighted by molar-refractivity contribution is 5.76. The molecule has 0 saturated carbocycles. The van der Waals surface area contributed by atoms with Crippen LogP contribution in [0.5, 0.6) is 0 Å². The van der Waals surface area contributed by atoms with Crippen LogP contribution >= 0.6 is 0 Å². The minimum absolute atomic E-state index is 0.0804. The predicted molar refractivity (Wildman–Crippen MR) is 89.5 cm³/mol. The van der Waals surface area contributed by atoms with Gasteiger partial charge in [0, 0.05) is 31.6 Å². The molecule has 4 nitrogen and oxygen atoms in total. The Kier molecular flexibility index (Phi) is 7.62. The van der Waals surface area contributed by atoms with E-state index in [4.69, 9.17) is 5.26 Å². The Labute approximate surface area is 134 Å². The van der Waals surface area contributed by atoms with Gasteiger partial charge >= 0.3 is 0 Å². The molecule has 0 atom stereocenters. The topological polar surface area (TPSA) is 56.1 Å². The van der Waals surface area contributed by atoms with Crippen molar-refractivity contribution in [2.45, 2.75) is 52.6 Å². The van der Waals surface area contributed by atoms with Crippen molar-refractivity contribution < 1.29 is 4.79 Å². The Bertz CT molecular complexity index is 492. The van der Waals surface area contributed by atoms with Gasteiger partial charge in [-0.25, -0.2) is 0 Å². The molecular weight excluding hydrogens is 274 g/mol. The molecule has 4 heteroatoms. The summed E-state index contributed by atoms with van der Waals surface area (Å²) < 4.78 is 0. The number of rotatable bonds is 8. The number of hydrogen-bond donors (Lipinski definition) is 1. The Morgan fingerprint density at radius 2 is 1.77 bits per heavy atom. The minimum Gasteiger partial charge on any atom is -0.355 e. The number of nitriles is 1. The Balaban J connectivity index is 2.30. The Morgan fingerprint density at radius 1 is 1.18 bits per heavy atom. The molecule has 0 fully saturated rings. The summed E-state index contributed by atoms with van der Waals surface area (Å²) in [4.78, 5) is 14.2. The van der Waals surface area contributed by atoms with E-state index < -0.39 is 0 Å². The van der Waals surface area contributed by atoms with Crippen LogP contribution in [0.2, 0.25) is 0 Å². The molecular formula is C18H27N3O. The molecule has 0 radical (unpaired) electrons. The standard InChI is InChI=1S/C18H27N3O/c1-14(2)21(15(3)4)12-11-20-18(22)10-9-16-5-7-17(13-19)8-6-16/h5-8,14-15H,9-12H2,1-4H3,(H,20,22). The molecule has 0 aliphatic rings. The van der Waals surface area contributed by atoms with Gasteiger partial charge in [-0.05, 0) is 51.8 Å². The largest absolute Gasteiger partial charge is 0.355 e. The van der Waals surface area contributed by atoms with Crippen LogP contribution in [-0.4, -0.2) is 36.0 Å². The maximum atomic E-state index is 11.9. The third-order valence-electron chi connectivity index (χ3n) is 3.74. The van der Waals surface area contributed by atoms with E-state index in [0.29, 0.717) is 37.0 Å². The number of hydrogen-bond acceptors (Lipinski definition) is 3. The van der Waals surface area contributed by atoms with Gasteiger partial charge < -0.3 is 5.32 Å². The highest BCUT2D eigenvalue weighted by Crippen LogP contribution is 2.06. The van der Waals surface area contributed by atoms with Crippen LogP contribution in [0, 0.1) is 11.3 Å². The third-order valence-corrected chi connectivity index (χ3v) is 3.74. The molecule has 0 saturated heterocycles. The Hall–Kier alpha value is -1.86. The summed E-state index contributed by atoms with van der Waals surface area (Å²) in [5.41, 5.74) is 1.73. The number of benzene rings is 1. The average Bonchev–Trinajstić information content (AvgIpc) is 2.49. The van der Waals surface area contributed by atoms with Gasteiger partial charge in [-0.1, -0.05) is 12.1 Å². The van der Waals surface area contributed by atoms with Gasteiger partial charge in [0.25, 0.3) is 0 Å². The van der Waals surface area contributed by atoms with Crippen LogP contribution in [0.1, 0.15) is 45.2 Å². The highest BCUT2D eigenvalue weighted by atomic mass is 16.1. The third kappa shape index (κ3) is 6.28. The summed E-state index contributed by atoms with van der Waals surface area (Å²) in [6.45, 7) is 10.2. The molecule has 1 aromatic rings. The SMILES string of the molecule is CC(C)N(CCNC(=O)CCc1ccc(C#N)cc1)C(C)C. The molecule has 1 rings (SSSR count). The van der Waals surface area contributed by atoms with Crippen LogP contribution in [0.15, 0.2) is 24.3 Å². The number of carbonyl (C=O) groups is 1. The van der Waals surface area contributed by atoms with Gasteiger partial charge in [-0.2, -0.15) is 5.26 Å². The van der Waals surface area contributed by atoms with E-state index in [2.05, 4.69) is 44.0 Å². The maximum Gasteiger partial charge on any atom is 0.220 e. The van der Waals surface area contributed by atoms with Crippen molar-refractivity contribution in [3.63, 3.8) is 0 Å². The molecule has 1 N–H and O–H groups in total. The lowest BCUT2D eigenvalue weighted by Gasteiger charge is -2.30. The van der Waals surface area contributed by atoms with Gasteiger partial charge in [-0.15, -0.1) is 0 Å². The summed E-state index contributed by atoms with van der Waals surface area (Å²) >= 11 is 0. The zero-order chi connectivity index (χ0) is 16.5. The normalized spacial score (nSPS) is 11.0. The number of nitrogens with one attached hydrogen (secondary N) is 1. The van der Waals surface area contributed by atoms with Crippen LogP contribution in [-0.2, 0) is 11.2 Å². The van der Waals surface area contributed by atoms with Crippen molar-refractivity contribution in [3.05, 3.63) is 35.4 Å². The lowest BCUT2D eigenvalue weighted by Crippen LogP contribution is -2.42. The van der Waals surface area contributed by atoms with Gasteiger partial charge in [-0.3, -0.25) is 9.69 Å². The van der Waals surface area contributed by atoms with E-state index in [9.17, 15) is 4.79 Å². The zero-order valence-corrected chi connectivity index (χ0v) is 14.1. The van der Waals surface area contributed by atoms with Crippen LogP contribution < -0.4 is 5.32 Å². The number of nitrogens with zero attached hydrogens (tertiary/aromatic N) is 2. The molecule has 0 unspecified atom stereocenters. The fourth-order valence-electron chi connectivity index (χ4n) is 2.53. The Morgan fingerprint density at radius 3 is 2.27 bits per heavy atom. The summed E-state index contributed by atoms with van der Waals surface area (Å²) in [6, 6.07) is 10.4. The second-order valence-corrected chi connectivity index (χ2v) is 6.08. The first-order valence-corrected chi connectivity index (χ1v) is 7.95. The number of aryl methyl sites for hydroxylation is 1. The number of amides is 1. The zero-order valence-electron chi connectivity index (χ0n) is 14.1. The average molecular weight is 301 g/mol. The molecule has 1 amide bonds. The first-order valence-electron chi connectivity index (χ1n) is 7.95. The summed E-state index contributed by atoms with van der Waals surface area (Å²) in [6.07, 6.45) is 1.19. The molecule has 0 bridgehead atoms. The summed E-state index contributed by atoms with van der Waals surface area (Å²) in [5, 5.41) is 11.7. The molecule has 0 aliphatic carbocycles. The van der Waals surface area contributed by atoms with E-state index in [1.165, 1.54) is 0 Å². The van der Waals surface area contributed by atoms with Crippen molar-refractivity contribution in [2.75, 3.05) is 13.1 Å². The van der Waals surface area contributed by atoms with Crippen LogP contribution in [0.3, 0.4) is 0 Å².